The largest absolute Gasteiger partial charge is 0.508 e. The Morgan fingerprint density at radius 2 is 2.04 bits per heavy atom. The van der Waals surface area contributed by atoms with Gasteiger partial charge in [-0.15, -0.1) is 0 Å². The fourth-order valence-corrected chi connectivity index (χ4v) is 2.70. The van der Waals surface area contributed by atoms with Crippen molar-refractivity contribution in [3.05, 3.63) is 54.4 Å². The molecule has 1 N–H and O–H groups in total. The minimum atomic E-state index is 0.0277. The summed E-state index contributed by atoms with van der Waals surface area (Å²) in [5, 5.41) is 17.1. The van der Waals surface area contributed by atoms with Crippen LogP contribution in [0.25, 0.3) is 0 Å². The predicted octanol–water partition coefficient (Wildman–Crippen LogP) is 2.28. The summed E-state index contributed by atoms with van der Waals surface area (Å²) in [5.41, 5.74) is 0.481. The molecule has 2 aliphatic rings. The van der Waals surface area contributed by atoms with Gasteiger partial charge in [-0.3, -0.25) is 4.98 Å². The lowest BCUT2D eigenvalue weighted by atomic mass is 10.1. The van der Waals surface area contributed by atoms with Gasteiger partial charge in [-0.05, 0) is 36.8 Å². The number of benzene rings is 1. The number of phenolic OH excluding ortho intramolecular Hbond substituents is 1. The van der Waals surface area contributed by atoms with Gasteiger partial charge in [0.2, 0.25) is 0 Å². The van der Waals surface area contributed by atoms with Crippen LogP contribution in [0.15, 0.2) is 48.8 Å². The van der Waals surface area contributed by atoms with Crippen LogP contribution in [0.3, 0.4) is 0 Å². The van der Waals surface area contributed by atoms with Crippen molar-refractivity contribution in [2.24, 2.45) is 0 Å². The van der Waals surface area contributed by atoms with E-state index in [0.29, 0.717) is 12.2 Å². The first-order valence-electron chi connectivity index (χ1n) is 7.75. The molecule has 0 amide bonds. The Kier molecular flexibility index (Phi) is 5.26. The average molecular weight is 326 g/mol. The van der Waals surface area contributed by atoms with Gasteiger partial charge in [-0.25, -0.2) is 0 Å². The van der Waals surface area contributed by atoms with Crippen molar-refractivity contribution >= 4 is 0 Å². The molecular formula is C18H18N2O4. The average Bonchev–Trinajstić information content (AvgIpc) is 3.22. The Labute approximate surface area is 140 Å². The van der Waals surface area contributed by atoms with E-state index in [2.05, 4.69) is 4.98 Å². The van der Waals surface area contributed by atoms with Gasteiger partial charge in [0, 0.05) is 19.0 Å². The van der Waals surface area contributed by atoms with Gasteiger partial charge < -0.3 is 19.3 Å². The molecule has 0 spiro atoms. The van der Waals surface area contributed by atoms with E-state index >= 15 is 0 Å². The number of aromatic nitrogens is 1. The van der Waals surface area contributed by atoms with E-state index in [0.717, 1.165) is 18.8 Å². The van der Waals surface area contributed by atoms with E-state index in [-0.39, 0.29) is 24.1 Å². The molecule has 2 aromatic rings. The maximum absolute atomic E-state index is 8.79. The van der Waals surface area contributed by atoms with Crippen LogP contribution in [0.5, 0.6) is 11.5 Å². The molecule has 1 aromatic heterocycles. The SMILES string of the molecule is N#Cc1cccc(O)c1.c1cc(OC2COC3CCOC32)ccn1. The summed E-state index contributed by atoms with van der Waals surface area (Å²) in [6.07, 6.45) is 4.80. The Morgan fingerprint density at radius 1 is 1.21 bits per heavy atom. The number of hydrogen-bond acceptors (Lipinski definition) is 6. The third kappa shape index (κ3) is 4.02. The molecule has 0 aliphatic carbocycles. The number of nitriles is 1. The standard InChI is InChI=1S/C11H13NO3.C7H5NO/c1-4-12-5-2-8(1)15-10-7-14-9-3-6-13-11(9)10;8-5-6-2-1-3-7(9)4-6/h1-2,4-5,9-11H,3,6-7H2;1-4,9H. The van der Waals surface area contributed by atoms with Crippen LogP contribution >= 0.6 is 0 Å². The molecular weight excluding hydrogens is 308 g/mol. The smallest absolute Gasteiger partial charge is 0.150 e. The molecule has 1 aromatic carbocycles. The number of aromatic hydroxyl groups is 1. The summed E-state index contributed by atoms with van der Waals surface area (Å²) >= 11 is 0. The quantitative estimate of drug-likeness (QED) is 0.911. The maximum Gasteiger partial charge on any atom is 0.150 e. The summed E-state index contributed by atoms with van der Waals surface area (Å²) < 4.78 is 17.0. The number of fused-ring (bicyclic) bond motifs is 1. The number of hydrogen-bond donors (Lipinski definition) is 1. The van der Waals surface area contributed by atoms with Gasteiger partial charge in [-0.1, -0.05) is 6.07 Å². The second kappa shape index (κ2) is 7.77. The molecule has 3 atom stereocenters. The highest BCUT2D eigenvalue weighted by Crippen LogP contribution is 2.29. The third-order valence-corrected chi connectivity index (χ3v) is 3.83. The minimum absolute atomic E-state index is 0.0277. The third-order valence-electron chi connectivity index (χ3n) is 3.83. The first-order chi connectivity index (χ1) is 11.8. The van der Waals surface area contributed by atoms with Crippen LogP contribution in [0, 0.1) is 11.3 Å². The Hall–Kier alpha value is -2.62. The fraction of sp³-hybridized carbons (Fsp3) is 0.333. The van der Waals surface area contributed by atoms with Crippen molar-refractivity contribution in [3.63, 3.8) is 0 Å². The summed E-state index contributed by atoms with van der Waals surface area (Å²) in [7, 11) is 0. The lowest BCUT2D eigenvalue weighted by molar-refractivity contribution is 0.0308. The van der Waals surface area contributed by atoms with Crippen LogP contribution < -0.4 is 4.74 Å². The highest BCUT2D eigenvalue weighted by atomic mass is 16.6. The summed E-state index contributed by atoms with van der Waals surface area (Å²) in [6, 6.07) is 11.8. The molecule has 0 saturated carbocycles. The molecule has 6 heteroatoms. The van der Waals surface area contributed by atoms with Crippen molar-refractivity contribution in [1.29, 1.82) is 5.26 Å². The van der Waals surface area contributed by atoms with Gasteiger partial charge in [0.15, 0.2) is 6.10 Å². The fourth-order valence-electron chi connectivity index (χ4n) is 2.70. The van der Waals surface area contributed by atoms with Crippen LogP contribution in [-0.2, 0) is 9.47 Å². The number of pyridine rings is 1. The van der Waals surface area contributed by atoms with Crippen molar-refractivity contribution in [2.45, 2.75) is 24.7 Å². The van der Waals surface area contributed by atoms with E-state index in [4.69, 9.17) is 24.6 Å². The van der Waals surface area contributed by atoms with Crippen molar-refractivity contribution < 1.29 is 19.3 Å². The van der Waals surface area contributed by atoms with E-state index in [1.807, 2.05) is 18.2 Å². The van der Waals surface area contributed by atoms with Crippen molar-refractivity contribution in [1.82, 2.24) is 4.98 Å². The second-order valence-electron chi connectivity index (χ2n) is 5.50. The van der Waals surface area contributed by atoms with E-state index in [9.17, 15) is 0 Å². The van der Waals surface area contributed by atoms with Gasteiger partial charge in [0.05, 0.1) is 24.3 Å². The molecule has 2 saturated heterocycles. The maximum atomic E-state index is 8.79. The van der Waals surface area contributed by atoms with E-state index in [1.54, 1.807) is 24.5 Å². The molecule has 0 radical (unpaired) electrons. The van der Waals surface area contributed by atoms with Crippen LogP contribution in [-0.4, -0.2) is 41.6 Å². The molecule has 2 aliphatic heterocycles. The number of ether oxygens (including phenoxy) is 3. The predicted molar refractivity (Wildman–Crippen MR) is 85.6 cm³/mol. The molecule has 6 nitrogen and oxygen atoms in total. The molecule has 3 heterocycles. The highest BCUT2D eigenvalue weighted by Gasteiger charge is 2.43. The summed E-state index contributed by atoms with van der Waals surface area (Å²) in [6.45, 7) is 1.41. The molecule has 124 valence electrons. The minimum Gasteiger partial charge on any atom is -0.508 e. The molecule has 3 unspecified atom stereocenters. The summed E-state index contributed by atoms with van der Waals surface area (Å²) in [5.74, 6) is 0.962. The van der Waals surface area contributed by atoms with Crippen molar-refractivity contribution in [2.75, 3.05) is 13.2 Å². The molecule has 24 heavy (non-hydrogen) atoms. The van der Waals surface area contributed by atoms with Gasteiger partial charge >= 0.3 is 0 Å². The zero-order chi connectivity index (χ0) is 16.8. The topological polar surface area (TPSA) is 84.6 Å². The normalized spacial score (nSPS) is 24.4. The first kappa shape index (κ1) is 16.2. The Bertz CT molecular complexity index is 702. The highest BCUT2D eigenvalue weighted by molar-refractivity contribution is 5.35. The van der Waals surface area contributed by atoms with Crippen LogP contribution in [0.4, 0.5) is 0 Å². The lowest BCUT2D eigenvalue weighted by Crippen LogP contribution is -2.32. The van der Waals surface area contributed by atoms with Crippen LogP contribution in [0.1, 0.15) is 12.0 Å². The molecule has 4 rings (SSSR count). The monoisotopic (exact) mass is 326 g/mol. The second-order valence-corrected chi connectivity index (χ2v) is 5.50. The van der Waals surface area contributed by atoms with Gasteiger partial charge in [-0.2, -0.15) is 5.26 Å². The zero-order valence-electron chi connectivity index (χ0n) is 13.0. The zero-order valence-corrected chi connectivity index (χ0v) is 13.0. The summed E-state index contributed by atoms with van der Waals surface area (Å²) in [4.78, 5) is 3.94. The Balaban J connectivity index is 0.000000162. The number of phenols is 1. The lowest BCUT2D eigenvalue weighted by Gasteiger charge is -2.17. The van der Waals surface area contributed by atoms with Crippen LogP contribution in [0.2, 0.25) is 0 Å². The Morgan fingerprint density at radius 3 is 2.75 bits per heavy atom. The number of rotatable bonds is 2. The molecule has 0 bridgehead atoms. The van der Waals surface area contributed by atoms with E-state index < -0.39 is 0 Å². The van der Waals surface area contributed by atoms with E-state index in [1.165, 1.54) is 12.1 Å². The van der Waals surface area contributed by atoms with Gasteiger partial charge in [0.1, 0.15) is 17.6 Å². The number of nitrogens with zero attached hydrogens (tertiary/aromatic N) is 2. The van der Waals surface area contributed by atoms with Crippen molar-refractivity contribution in [3.8, 4) is 17.6 Å². The van der Waals surface area contributed by atoms with Gasteiger partial charge in [0.25, 0.3) is 0 Å². The first-order valence-corrected chi connectivity index (χ1v) is 7.75. The molecule has 2 fully saturated rings.